The van der Waals surface area contributed by atoms with Crippen LogP contribution in [0.4, 0.5) is 0 Å². The molecule has 140 valence electrons. The van der Waals surface area contributed by atoms with Crippen molar-refractivity contribution in [1.82, 2.24) is 15.1 Å². The second-order valence-electron chi connectivity index (χ2n) is 6.67. The molecule has 0 atom stereocenters. The summed E-state index contributed by atoms with van der Waals surface area (Å²) in [6, 6.07) is 13.7. The number of hydrogen-bond donors (Lipinski definition) is 0. The van der Waals surface area contributed by atoms with Crippen molar-refractivity contribution in [1.29, 1.82) is 0 Å². The van der Waals surface area contributed by atoms with Crippen LogP contribution in [0.5, 0.6) is 5.75 Å². The first-order chi connectivity index (χ1) is 12.9. The Bertz CT molecular complexity index is 932. The Morgan fingerprint density at radius 1 is 1.04 bits per heavy atom. The van der Waals surface area contributed by atoms with E-state index in [0.717, 1.165) is 28.0 Å². The van der Waals surface area contributed by atoms with Gasteiger partial charge in [-0.25, -0.2) is 0 Å². The van der Waals surface area contributed by atoms with Gasteiger partial charge < -0.3 is 14.1 Å². The van der Waals surface area contributed by atoms with Crippen LogP contribution in [0.1, 0.15) is 22.6 Å². The van der Waals surface area contributed by atoms with Gasteiger partial charge in [0.05, 0.1) is 6.54 Å². The van der Waals surface area contributed by atoms with Crippen molar-refractivity contribution in [2.45, 2.75) is 27.3 Å². The number of benzene rings is 2. The molecule has 2 aromatic carbocycles. The Labute approximate surface area is 158 Å². The molecule has 0 aliphatic carbocycles. The van der Waals surface area contributed by atoms with Gasteiger partial charge in [0.25, 0.3) is 5.91 Å². The van der Waals surface area contributed by atoms with E-state index in [1.807, 2.05) is 63.2 Å². The normalized spacial score (nSPS) is 10.7. The molecule has 0 aliphatic heterocycles. The standard InChI is InChI=1S/C21H23N3O3/c1-14-6-9-17(10-7-14)21-23-22-19(27-21)12-24(4)20(25)13-26-18-11-15(2)5-8-16(18)3/h5-11H,12-13H2,1-4H3. The molecule has 3 rings (SSSR count). The quantitative estimate of drug-likeness (QED) is 0.666. The topological polar surface area (TPSA) is 68.5 Å². The lowest BCUT2D eigenvalue weighted by molar-refractivity contribution is -0.132. The lowest BCUT2D eigenvalue weighted by atomic mass is 10.1. The van der Waals surface area contributed by atoms with Crippen molar-refractivity contribution in [2.24, 2.45) is 0 Å². The van der Waals surface area contributed by atoms with Gasteiger partial charge in [0.15, 0.2) is 6.61 Å². The van der Waals surface area contributed by atoms with Crippen LogP contribution in [-0.4, -0.2) is 34.7 Å². The molecule has 0 unspecified atom stereocenters. The molecule has 0 radical (unpaired) electrons. The maximum absolute atomic E-state index is 12.3. The number of carbonyl (C=O) groups is 1. The summed E-state index contributed by atoms with van der Waals surface area (Å²) >= 11 is 0. The maximum atomic E-state index is 12.3. The maximum Gasteiger partial charge on any atom is 0.260 e. The number of ether oxygens (including phenoxy) is 1. The molecule has 1 amide bonds. The minimum Gasteiger partial charge on any atom is -0.483 e. The van der Waals surface area contributed by atoms with Crippen molar-refractivity contribution in [2.75, 3.05) is 13.7 Å². The first-order valence-corrected chi connectivity index (χ1v) is 8.76. The summed E-state index contributed by atoms with van der Waals surface area (Å²) in [7, 11) is 1.69. The number of hydrogen-bond acceptors (Lipinski definition) is 5. The highest BCUT2D eigenvalue weighted by Crippen LogP contribution is 2.20. The van der Waals surface area contributed by atoms with E-state index >= 15 is 0 Å². The molecule has 0 saturated carbocycles. The van der Waals surface area contributed by atoms with Crippen molar-refractivity contribution in [3.8, 4) is 17.2 Å². The summed E-state index contributed by atoms with van der Waals surface area (Å²) in [4.78, 5) is 13.9. The van der Waals surface area contributed by atoms with Gasteiger partial charge in [-0.15, -0.1) is 10.2 Å². The number of likely N-dealkylation sites (N-methyl/N-ethyl adjacent to an activating group) is 1. The zero-order valence-electron chi connectivity index (χ0n) is 16.0. The van der Waals surface area contributed by atoms with Crippen molar-refractivity contribution in [3.05, 3.63) is 65.0 Å². The second kappa shape index (κ2) is 8.03. The molecule has 1 heterocycles. The van der Waals surface area contributed by atoms with Gasteiger partial charge in [-0.05, 0) is 50.1 Å². The largest absolute Gasteiger partial charge is 0.483 e. The first-order valence-electron chi connectivity index (χ1n) is 8.76. The first kappa shape index (κ1) is 18.6. The van der Waals surface area contributed by atoms with Crippen LogP contribution in [0.2, 0.25) is 0 Å². The van der Waals surface area contributed by atoms with Crippen LogP contribution < -0.4 is 4.74 Å². The molecular weight excluding hydrogens is 342 g/mol. The lowest BCUT2D eigenvalue weighted by Gasteiger charge is -2.16. The molecule has 0 spiro atoms. The van der Waals surface area contributed by atoms with E-state index in [2.05, 4.69) is 10.2 Å². The van der Waals surface area contributed by atoms with Gasteiger partial charge >= 0.3 is 0 Å². The van der Waals surface area contributed by atoms with E-state index in [0.29, 0.717) is 11.8 Å². The van der Waals surface area contributed by atoms with Crippen molar-refractivity contribution in [3.63, 3.8) is 0 Å². The highest BCUT2D eigenvalue weighted by Gasteiger charge is 2.15. The summed E-state index contributed by atoms with van der Waals surface area (Å²) in [5.74, 6) is 1.38. The second-order valence-corrected chi connectivity index (χ2v) is 6.67. The molecule has 0 N–H and O–H groups in total. The number of rotatable bonds is 6. The van der Waals surface area contributed by atoms with Gasteiger partial charge in [-0.2, -0.15) is 0 Å². The zero-order chi connectivity index (χ0) is 19.4. The fourth-order valence-electron chi connectivity index (χ4n) is 2.53. The third-order valence-electron chi connectivity index (χ3n) is 4.26. The van der Waals surface area contributed by atoms with Crippen LogP contribution in [0.15, 0.2) is 46.9 Å². The summed E-state index contributed by atoms with van der Waals surface area (Å²) in [6.45, 7) is 6.15. The summed E-state index contributed by atoms with van der Waals surface area (Å²) in [5.41, 5.74) is 4.10. The fourth-order valence-corrected chi connectivity index (χ4v) is 2.53. The van der Waals surface area contributed by atoms with E-state index in [1.54, 1.807) is 7.05 Å². The smallest absolute Gasteiger partial charge is 0.260 e. The number of nitrogens with zero attached hydrogens (tertiary/aromatic N) is 3. The fraction of sp³-hybridized carbons (Fsp3) is 0.286. The Hall–Kier alpha value is -3.15. The molecule has 0 aliphatic rings. The molecule has 1 aromatic heterocycles. The monoisotopic (exact) mass is 365 g/mol. The van der Waals surface area contributed by atoms with Gasteiger partial charge in [-0.1, -0.05) is 29.8 Å². The highest BCUT2D eigenvalue weighted by atomic mass is 16.5. The zero-order valence-corrected chi connectivity index (χ0v) is 16.0. The van der Waals surface area contributed by atoms with E-state index in [1.165, 1.54) is 4.90 Å². The van der Waals surface area contributed by atoms with Gasteiger partial charge in [0, 0.05) is 12.6 Å². The minimum absolute atomic E-state index is 0.0419. The molecule has 6 nitrogen and oxygen atoms in total. The Kier molecular flexibility index (Phi) is 5.54. The molecule has 0 saturated heterocycles. The number of aromatic nitrogens is 2. The van der Waals surface area contributed by atoms with Crippen LogP contribution in [0.3, 0.4) is 0 Å². The predicted molar refractivity (Wildman–Crippen MR) is 102 cm³/mol. The SMILES string of the molecule is Cc1ccc(-c2nnc(CN(C)C(=O)COc3cc(C)ccc3C)o2)cc1. The van der Waals surface area contributed by atoms with Crippen LogP contribution in [-0.2, 0) is 11.3 Å². The molecular formula is C21H23N3O3. The van der Waals surface area contributed by atoms with Crippen LogP contribution >= 0.6 is 0 Å². The number of aryl methyl sites for hydroxylation is 3. The number of carbonyl (C=O) groups excluding carboxylic acids is 1. The van der Waals surface area contributed by atoms with Crippen molar-refractivity contribution < 1.29 is 13.9 Å². The molecule has 0 bridgehead atoms. The van der Waals surface area contributed by atoms with Crippen molar-refractivity contribution >= 4 is 5.91 Å². The van der Waals surface area contributed by atoms with E-state index < -0.39 is 0 Å². The van der Waals surface area contributed by atoms with Crippen LogP contribution in [0, 0.1) is 20.8 Å². The summed E-state index contributed by atoms with van der Waals surface area (Å²) in [5, 5.41) is 8.09. The van der Waals surface area contributed by atoms with E-state index in [9.17, 15) is 4.79 Å². The third-order valence-corrected chi connectivity index (χ3v) is 4.26. The highest BCUT2D eigenvalue weighted by molar-refractivity contribution is 5.77. The predicted octanol–water partition coefficient (Wildman–Crippen LogP) is 3.70. The lowest BCUT2D eigenvalue weighted by Crippen LogP contribution is -2.31. The van der Waals surface area contributed by atoms with Gasteiger partial charge in [0.2, 0.25) is 11.8 Å². The minimum atomic E-state index is -0.161. The average Bonchev–Trinajstić information content (AvgIpc) is 3.11. The van der Waals surface area contributed by atoms with Gasteiger partial charge in [-0.3, -0.25) is 4.79 Å². The molecule has 3 aromatic rings. The third kappa shape index (κ3) is 4.73. The average molecular weight is 365 g/mol. The Morgan fingerprint density at radius 2 is 1.74 bits per heavy atom. The Morgan fingerprint density at radius 3 is 2.48 bits per heavy atom. The number of amides is 1. The molecule has 27 heavy (non-hydrogen) atoms. The van der Waals surface area contributed by atoms with Gasteiger partial charge in [0.1, 0.15) is 5.75 Å². The molecule has 0 fully saturated rings. The molecule has 6 heteroatoms. The van der Waals surface area contributed by atoms with Crippen LogP contribution in [0.25, 0.3) is 11.5 Å². The summed E-state index contributed by atoms with van der Waals surface area (Å²) < 4.78 is 11.3. The van der Waals surface area contributed by atoms with E-state index in [4.69, 9.17) is 9.15 Å². The van der Waals surface area contributed by atoms with E-state index in [-0.39, 0.29) is 19.1 Å². The summed E-state index contributed by atoms with van der Waals surface area (Å²) in [6.07, 6.45) is 0. The Balaban J connectivity index is 1.58.